The first-order valence-electron chi connectivity index (χ1n) is 22.5. The Morgan fingerprint density at radius 3 is 1.67 bits per heavy atom. The van der Waals surface area contributed by atoms with Crippen LogP contribution in [0.25, 0.3) is 0 Å². The van der Waals surface area contributed by atoms with E-state index in [0.717, 1.165) is 62.5 Å². The molecule has 10 nitrogen and oxygen atoms in total. The van der Waals surface area contributed by atoms with Gasteiger partial charge in [-0.3, -0.25) is 19.2 Å². The predicted molar refractivity (Wildman–Crippen MR) is 232 cm³/mol. The van der Waals surface area contributed by atoms with E-state index in [9.17, 15) is 24.0 Å². The molecule has 2 aromatic rings. The monoisotopic (exact) mass is 806 g/mol. The van der Waals surface area contributed by atoms with Gasteiger partial charge in [0.15, 0.2) is 0 Å². The van der Waals surface area contributed by atoms with Crippen LogP contribution in [0.5, 0.6) is 0 Å². The topological polar surface area (TPSA) is 140 Å². The van der Waals surface area contributed by atoms with Crippen LogP contribution in [-0.4, -0.2) is 54.9 Å². The van der Waals surface area contributed by atoms with Gasteiger partial charge >= 0.3 is 11.9 Å². The molecule has 3 N–H and O–H groups in total. The third kappa shape index (κ3) is 27.4. The average Bonchev–Trinajstić information content (AvgIpc) is 3.21. The molecule has 0 radical (unpaired) electrons. The van der Waals surface area contributed by atoms with E-state index in [1.807, 2.05) is 60.7 Å². The standard InChI is InChI=1S/C48H75N3O7/c1-3-4-5-6-7-8-9-10-11-12-13-14-23-32-43(58-47(55)34-25-18-27-36-50-45(53)33-24-17-26-35-49-40(2)52)38-46(54)51-44(37-41-28-19-15-20-29-41)48(56)57-39-42-30-21-16-22-31-42/h15-16,19-22,28-31,43-44H,3-14,17-18,23-27,32-39H2,1-2H3,(H,49,52)(H,50,53)(H,51,54)/t43?,44-/m0/s1. The molecule has 0 saturated heterocycles. The van der Waals surface area contributed by atoms with Crippen molar-refractivity contribution in [3.63, 3.8) is 0 Å². The second kappa shape index (κ2) is 33.7. The summed E-state index contributed by atoms with van der Waals surface area (Å²) in [4.78, 5) is 62.9. The summed E-state index contributed by atoms with van der Waals surface area (Å²) in [6.45, 7) is 5.04. The molecular formula is C48H75N3O7. The molecule has 2 aromatic carbocycles. The number of amides is 3. The highest BCUT2D eigenvalue weighted by molar-refractivity contribution is 5.85. The molecule has 0 heterocycles. The Morgan fingerprint density at radius 1 is 0.569 bits per heavy atom. The highest BCUT2D eigenvalue weighted by Crippen LogP contribution is 2.17. The van der Waals surface area contributed by atoms with Crippen LogP contribution >= 0.6 is 0 Å². The summed E-state index contributed by atoms with van der Waals surface area (Å²) in [5.41, 5.74) is 1.76. The molecule has 0 saturated carbocycles. The lowest BCUT2D eigenvalue weighted by Crippen LogP contribution is -2.44. The van der Waals surface area contributed by atoms with Crippen LogP contribution in [0, 0.1) is 0 Å². The lowest BCUT2D eigenvalue weighted by molar-refractivity contribution is -0.153. The maximum Gasteiger partial charge on any atom is 0.329 e. The van der Waals surface area contributed by atoms with Crippen LogP contribution in [0.2, 0.25) is 0 Å². The second-order valence-corrected chi connectivity index (χ2v) is 15.7. The third-order valence-electron chi connectivity index (χ3n) is 10.3. The number of rotatable bonds is 35. The number of carbonyl (C=O) groups excluding carboxylic acids is 5. The molecule has 0 spiro atoms. The summed E-state index contributed by atoms with van der Waals surface area (Å²) >= 11 is 0. The first-order valence-corrected chi connectivity index (χ1v) is 22.5. The van der Waals surface area contributed by atoms with Gasteiger partial charge in [-0.1, -0.05) is 157 Å². The minimum Gasteiger partial charge on any atom is -0.462 e. The summed E-state index contributed by atoms with van der Waals surface area (Å²) in [6, 6.07) is 18.1. The molecule has 0 bridgehead atoms. The number of unbranched alkanes of at least 4 members (excludes halogenated alkanes) is 16. The van der Waals surface area contributed by atoms with Crippen LogP contribution in [0.4, 0.5) is 0 Å². The van der Waals surface area contributed by atoms with Gasteiger partial charge in [0.1, 0.15) is 18.8 Å². The van der Waals surface area contributed by atoms with E-state index < -0.39 is 18.1 Å². The Hall–Kier alpha value is -4.21. The van der Waals surface area contributed by atoms with Crippen LogP contribution in [0.3, 0.4) is 0 Å². The molecule has 324 valence electrons. The van der Waals surface area contributed by atoms with Gasteiger partial charge in [0, 0.05) is 39.3 Å². The van der Waals surface area contributed by atoms with Crippen molar-refractivity contribution in [2.24, 2.45) is 0 Å². The van der Waals surface area contributed by atoms with Gasteiger partial charge in [0.2, 0.25) is 17.7 Å². The lowest BCUT2D eigenvalue weighted by Gasteiger charge is -2.21. The fourth-order valence-electron chi connectivity index (χ4n) is 6.91. The third-order valence-corrected chi connectivity index (χ3v) is 10.3. The van der Waals surface area contributed by atoms with Gasteiger partial charge in [0.05, 0.1) is 6.42 Å². The average molecular weight is 806 g/mol. The van der Waals surface area contributed by atoms with Gasteiger partial charge in [-0.2, -0.15) is 0 Å². The normalized spacial score (nSPS) is 12.0. The number of nitrogens with one attached hydrogen (secondary N) is 3. The molecule has 10 heteroatoms. The Morgan fingerprint density at radius 2 is 1.09 bits per heavy atom. The van der Waals surface area contributed by atoms with Gasteiger partial charge in [-0.15, -0.1) is 0 Å². The zero-order chi connectivity index (χ0) is 41.9. The van der Waals surface area contributed by atoms with Crippen molar-refractivity contribution in [1.82, 2.24) is 16.0 Å². The van der Waals surface area contributed by atoms with Gasteiger partial charge < -0.3 is 25.4 Å². The summed E-state index contributed by atoms with van der Waals surface area (Å²) in [7, 11) is 0. The number of hydrogen-bond donors (Lipinski definition) is 3. The Balaban J connectivity index is 1.83. The van der Waals surface area contributed by atoms with E-state index in [2.05, 4.69) is 22.9 Å². The molecular weight excluding hydrogens is 731 g/mol. The quantitative estimate of drug-likeness (QED) is 0.0466. The van der Waals surface area contributed by atoms with Crippen LogP contribution in [0.1, 0.15) is 173 Å². The van der Waals surface area contributed by atoms with Crippen molar-refractivity contribution in [3.8, 4) is 0 Å². The van der Waals surface area contributed by atoms with E-state index in [-0.39, 0.29) is 49.6 Å². The number of hydrogen-bond acceptors (Lipinski definition) is 7. The van der Waals surface area contributed by atoms with E-state index in [4.69, 9.17) is 9.47 Å². The minimum absolute atomic E-state index is 0.0173. The molecule has 0 aliphatic heterocycles. The predicted octanol–water partition coefficient (Wildman–Crippen LogP) is 9.61. The fourth-order valence-corrected chi connectivity index (χ4v) is 6.91. The van der Waals surface area contributed by atoms with Gasteiger partial charge in [0.25, 0.3) is 0 Å². The van der Waals surface area contributed by atoms with Crippen molar-refractivity contribution >= 4 is 29.7 Å². The van der Waals surface area contributed by atoms with Crippen molar-refractivity contribution < 1.29 is 33.4 Å². The number of benzene rings is 2. The van der Waals surface area contributed by atoms with E-state index in [1.54, 1.807) is 0 Å². The summed E-state index contributed by atoms with van der Waals surface area (Å²) < 4.78 is 11.5. The van der Waals surface area contributed by atoms with Crippen LogP contribution in [-0.2, 0) is 46.5 Å². The molecule has 0 aromatic heterocycles. The van der Waals surface area contributed by atoms with E-state index in [0.29, 0.717) is 32.4 Å². The molecule has 2 atom stereocenters. The first kappa shape index (κ1) is 49.9. The molecule has 1 unspecified atom stereocenters. The highest BCUT2D eigenvalue weighted by Gasteiger charge is 2.26. The fraction of sp³-hybridized carbons (Fsp3) is 0.646. The molecule has 58 heavy (non-hydrogen) atoms. The van der Waals surface area contributed by atoms with Gasteiger partial charge in [-0.05, 0) is 49.7 Å². The molecule has 2 rings (SSSR count). The Kier molecular flexibility index (Phi) is 29.0. The maximum absolute atomic E-state index is 13.5. The van der Waals surface area contributed by atoms with Gasteiger partial charge in [-0.25, -0.2) is 4.79 Å². The Labute approximate surface area is 349 Å². The zero-order valence-electron chi connectivity index (χ0n) is 35.9. The zero-order valence-corrected chi connectivity index (χ0v) is 35.9. The van der Waals surface area contributed by atoms with E-state index in [1.165, 1.54) is 71.1 Å². The maximum atomic E-state index is 13.5. The smallest absolute Gasteiger partial charge is 0.329 e. The molecule has 3 amide bonds. The Bertz CT molecular complexity index is 1390. The van der Waals surface area contributed by atoms with Crippen molar-refractivity contribution in [2.75, 3.05) is 13.1 Å². The summed E-state index contributed by atoms with van der Waals surface area (Å²) in [5, 5.41) is 8.61. The largest absolute Gasteiger partial charge is 0.462 e. The lowest BCUT2D eigenvalue weighted by atomic mass is 10.0. The molecule has 0 aliphatic rings. The van der Waals surface area contributed by atoms with Crippen molar-refractivity contribution in [3.05, 3.63) is 71.8 Å². The summed E-state index contributed by atoms with van der Waals surface area (Å²) in [6.07, 6.45) is 21.6. The van der Waals surface area contributed by atoms with Crippen molar-refractivity contribution in [1.29, 1.82) is 0 Å². The van der Waals surface area contributed by atoms with Crippen molar-refractivity contribution in [2.45, 2.75) is 187 Å². The van der Waals surface area contributed by atoms with Crippen LogP contribution in [0.15, 0.2) is 60.7 Å². The minimum atomic E-state index is -0.887. The molecule has 0 aliphatic carbocycles. The second-order valence-electron chi connectivity index (χ2n) is 15.7. The van der Waals surface area contributed by atoms with Crippen LogP contribution < -0.4 is 16.0 Å². The summed E-state index contributed by atoms with van der Waals surface area (Å²) in [5.74, 6) is -1.22. The molecule has 0 fully saturated rings. The SMILES string of the molecule is CCCCCCCCCCCCCCCC(CC(=O)N[C@@H](Cc1ccccc1)C(=O)OCc1ccccc1)OC(=O)CCCCCNC(=O)CCCCCNC(C)=O. The number of esters is 2. The first-order chi connectivity index (χ1) is 28.3. The van der Waals surface area contributed by atoms with E-state index >= 15 is 0 Å². The highest BCUT2D eigenvalue weighted by atomic mass is 16.5. The number of carbonyl (C=O) groups is 5. The number of ether oxygens (including phenoxy) is 2.